The summed E-state index contributed by atoms with van der Waals surface area (Å²) in [6.07, 6.45) is 1.41. The van der Waals surface area contributed by atoms with E-state index in [1.807, 2.05) is 13.8 Å². The lowest BCUT2D eigenvalue weighted by atomic mass is 9.98. The smallest absolute Gasteiger partial charge is 0.330 e. The largest absolute Gasteiger partial charge is 0.424 e. The topological polar surface area (TPSA) is 108 Å². The number of nitriles is 1. The standard InChI is InChI=1S/C19H19N5O3/c1-11(2)14-9-13(6-5-12(14)10-20)27-17-21-8-7-15(22-17)24-16(25)19(3,4)23-18(24)26/h5-9,11H,1-4H3,(H,23,26). The molecule has 0 saturated carbocycles. The number of nitrogens with one attached hydrogen (secondary N) is 1. The number of ether oxygens (including phenoxy) is 1. The van der Waals surface area contributed by atoms with Crippen LogP contribution < -0.4 is 15.0 Å². The van der Waals surface area contributed by atoms with Crippen LogP contribution in [0, 0.1) is 11.3 Å². The van der Waals surface area contributed by atoms with Gasteiger partial charge < -0.3 is 10.1 Å². The van der Waals surface area contributed by atoms with E-state index in [2.05, 4.69) is 21.4 Å². The van der Waals surface area contributed by atoms with Gasteiger partial charge in [0.05, 0.1) is 11.6 Å². The molecule has 1 aromatic heterocycles. The Morgan fingerprint density at radius 2 is 2.00 bits per heavy atom. The Kier molecular flexibility index (Phi) is 4.54. The summed E-state index contributed by atoms with van der Waals surface area (Å²) in [5.41, 5.74) is 0.429. The lowest BCUT2D eigenvalue weighted by molar-refractivity contribution is -0.121. The van der Waals surface area contributed by atoms with E-state index >= 15 is 0 Å². The Morgan fingerprint density at radius 1 is 1.26 bits per heavy atom. The van der Waals surface area contributed by atoms with Crippen molar-refractivity contribution in [2.75, 3.05) is 4.90 Å². The van der Waals surface area contributed by atoms with E-state index in [0.29, 0.717) is 11.3 Å². The van der Waals surface area contributed by atoms with Crippen LogP contribution in [-0.2, 0) is 4.79 Å². The molecular weight excluding hydrogens is 346 g/mol. The number of amides is 3. The number of nitrogens with zero attached hydrogens (tertiary/aromatic N) is 4. The van der Waals surface area contributed by atoms with Crippen molar-refractivity contribution >= 4 is 17.8 Å². The van der Waals surface area contributed by atoms with Gasteiger partial charge in [-0.15, -0.1) is 0 Å². The molecule has 8 nitrogen and oxygen atoms in total. The van der Waals surface area contributed by atoms with Crippen molar-refractivity contribution in [2.24, 2.45) is 0 Å². The zero-order valence-electron chi connectivity index (χ0n) is 15.5. The van der Waals surface area contributed by atoms with E-state index in [-0.39, 0.29) is 17.7 Å². The second-order valence-electron chi connectivity index (χ2n) is 7.01. The van der Waals surface area contributed by atoms with Crippen molar-refractivity contribution in [3.63, 3.8) is 0 Å². The molecule has 1 saturated heterocycles. The Hall–Kier alpha value is -3.47. The van der Waals surface area contributed by atoms with Gasteiger partial charge in [0.2, 0.25) is 0 Å². The Morgan fingerprint density at radius 3 is 2.59 bits per heavy atom. The minimum Gasteiger partial charge on any atom is -0.424 e. The van der Waals surface area contributed by atoms with E-state index in [1.54, 1.807) is 32.0 Å². The maximum atomic E-state index is 12.4. The molecule has 2 aromatic rings. The number of carbonyl (C=O) groups is 2. The molecule has 3 rings (SSSR count). The quantitative estimate of drug-likeness (QED) is 0.834. The molecule has 0 atom stereocenters. The maximum absolute atomic E-state index is 12.4. The van der Waals surface area contributed by atoms with Gasteiger partial charge in [0.1, 0.15) is 11.3 Å². The number of rotatable bonds is 4. The van der Waals surface area contributed by atoms with Gasteiger partial charge in [-0.05, 0) is 43.5 Å². The van der Waals surface area contributed by atoms with E-state index in [4.69, 9.17) is 4.74 Å². The maximum Gasteiger partial charge on any atom is 0.330 e. The van der Waals surface area contributed by atoms with Crippen LogP contribution in [0.1, 0.15) is 44.7 Å². The van der Waals surface area contributed by atoms with Crippen molar-refractivity contribution < 1.29 is 14.3 Å². The molecule has 0 bridgehead atoms. The average molecular weight is 365 g/mol. The molecule has 1 aromatic carbocycles. The third-order valence-corrected chi connectivity index (χ3v) is 4.18. The summed E-state index contributed by atoms with van der Waals surface area (Å²) in [7, 11) is 0. The van der Waals surface area contributed by atoms with E-state index in [0.717, 1.165) is 10.5 Å². The van der Waals surface area contributed by atoms with Crippen LogP contribution in [0.3, 0.4) is 0 Å². The van der Waals surface area contributed by atoms with Gasteiger partial charge in [0.25, 0.3) is 5.91 Å². The predicted octanol–water partition coefficient (Wildman–Crippen LogP) is 3.10. The molecule has 8 heteroatoms. The number of hydrogen-bond donors (Lipinski definition) is 1. The fraction of sp³-hybridized carbons (Fsp3) is 0.316. The minimum absolute atomic E-state index is 0.00257. The number of urea groups is 1. The number of imide groups is 1. The van der Waals surface area contributed by atoms with Gasteiger partial charge in [-0.1, -0.05) is 13.8 Å². The van der Waals surface area contributed by atoms with Crippen LogP contribution >= 0.6 is 0 Å². The molecule has 0 aliphatic carbocycles. The number of anilines is 1. The molecule has 138 valence electrons. The van der Waals surface area contributed by atoms with Crippen molar-refractivity contribution in [3.05, 3.63) is 41.6 Å². The number of hydrogen-bond acceptors (Lipinski definition) is 6. The molecular formula is C19H19N5O3. The summed E-state index contributed by atoms with van der Waals surface area (Å²) in [4.78, 5) is 33.7. The first-order valence-electron chi connectivity index (χ1n) is 8.44. The zero-order valence-corrected chi connectivity index (χ0v) is 15.5. The first kappa shape index (κ1) is 18.3. The highest BCUT2D eigenvalue weighted by atomic mass is 16.5. The van der Waals surface area contributed by atoms with Crippen LogP contribution in [0.2, 0.25) is 0 Å². The highest BCUT2D eigenvalue weighted by Gasteiger charge is 2.45. The van der Waals surface area contributed by atoms with Gasteiger partial charge in [-0.2, -0.15) is 10.2 Å². The fourth-order valence-electron chi connectivity index (χ4n) is 2.75. The third kappa shape index (κ3) is 3.44. The molecule has 0 radical (unpaired) electrons. The van der Waals surface area contributed by atoms with E-state index in [1.165, 1.54) is 12.3 Å². The van der Waals surface area contributed by atoms with Crippen LogP contribution in [0.25, 0.3) is 0 Å². The second kappa shape index (κ2) is 6.68. The molecule has 1 fully saturated rings. The minimum atomic E-state index is -0.998. The fourth-order valence-corrected chi connectivity index (χ4v) is 2.75. The molecule has 2 heterocycles. The molecule has 1 aliphatic heterocycles. The van der Waals surface area contributed by atoms with Crippen molar-refractivity contribution in [2.45, 2.75) is 39.2 Å². The summed E-state index contributed by atoms with van der Waals surface area (Å²) >= 11 is 0. The van der Waals surface area contributed by atoms with E-state index < -0.39 is 17.5 Å². The Balaban J connectivity index is 1.90. The van der Waals surface area contributed by atoms with Gasteiger partial charge in [-0.3, -0.25) is 4.79 Å². The molecule has 3 amide bonds. The van der Waals surface area contributed by atoms with Crippen LogP contribution in [-0.4, -0.2) is 27.4 Å². The first-order chi connectivity index (χ1) is 12.7. The monoisotopic (exact) mass is 365 g/mol. The number of carbonyl (C=O) groups excluding carboxylic acids is 2. The number of benzene rings is 1. The summed E-state index contributed by atoms with van der Waals surface area (Å²) in [6, 6.07) is 8.15. The highest BCUT2D eigenvalue weighted by molar-refractivity contribution is 6.22. The van der Waals surface area contributed by atoms with Gasteiger partial charge in [0, 0.05) is 12.3 Å². The zero-order chi connectivity index (χ0) is 19.8. The van der Waals surface area contributed by atoms with Crippen molar-refractivity contribution in [3.8, 4) is 17.8 Å². The molecule has 1 N–H and O–H groups in total. The van der Waals surface area contributed by atoms with Crippen molar-refractivity contribution in [1.82, 2.24) is 15.3 Å². The normalized spacial score (nSPS) is 15.6. The van der Waals surface area contributed by atoms with Crippen LogP contribution in [0.4, 0.5) is 10.6 Å². The van der Waals surface area contributed by atoms with E-state index in [9.17, 15) is 14.9 Å². The lowest BCUT2D eigenvalue weighted by Gasteiger charge is -2.15. The predicted molar refractivity (Wildman–Crippen MR) is 97.4 cm³/mol. The average Bonchev–Trinajstić information content (AvgIpc) is 2.82. The molecule has 1 aliphatic rings. The van der Waals surface area contributed by atoms with Gasteiger partial charge >= 0.3 is 12.0 Å². The SMILES string of the molecule is CC(C)c1cc(Oc2nccc(N3C(=O)NC(C)(C)C3=O)n2)ccc1C#N. The molecule has 27 heavy (non-hydrogen) atoms. The summed E-state index contributed by atoms with van der Waals surface area (Å²) in [5, 5.41) is 11.8. The Bertz CT molecular complexity index is 962. The van der Waals surface area contributed by atoms with Crippen molar-refractivity contribution in [1.29, 1.82) is 5.26 Å². The van der Waals surface area contributed by atoms with Crippen LogP contribution in [0.5, 0.6) is 11.8 Å². The second-order valence-corrected chi connectivity index (χ2v) is 7.01. The van der Waals surface area contributed by atoms with Gasteiger partial charge in [-0.25, -0.2) is 14.7 Å². The summed E-state index contributed by atoms with van der Waals surface area (Å²) < 4.78 is 5.69. The van der Waals surface area contributed by atoms with Crippen LogP contribution in [0.15, 0.2) is 30.5 Å². The lowest BCUT2D eigenvalue weighted by Crippen LogP contribution is -2.40. The molecule has 0 unspecified atom stereocenters. The third-order valence-electron chi connectivity index (χ3n) is 4.18. The number of aromatic nitrogens is 2. The summed E-state index contributed by atoms with van der Waals surface area (Å²) in [5.74, 6) is 0.333. The van der Waals surface area contributed by atoms with Gasteiger partial charge in [0.15, 0.2) is 5.82 Å². The molecule has 0 spiro atoms. The Labute approximate surface area is 156 Å². The first-order valence-corrected chi connectivity index (χ1v) is 8.44. The highest BCUT2D eigenvalue weighted by Crippen LogP contribution is 2.28. The summed E-state index contributed by atoms with van der Waals surface area (Å²) in [6.45, 7) is 7.21.